The van der Waals surface area contributed by atoms with Gasteiger partial charge in [0.25, 0.3) is 0 Å². The number of aliphatic carboxylic acids is 1. The summed E-state index contributed by atoms with van der Waals surface area (Å²) < 4.78 is 5.66. The molecular formula is C13H15NO3S. The maximum atomic E-state index is 10.9. The molecule has 4 nitrogen and oxygen atoms in total. The summed E-state index contributed by atoms with van der Waals surface area (Å²) in [6.45, 7) is 4.29. The molecule has 1 aliphatic rings. The van der Waals surface area contributed by atoms with Gasteiger partial charge in [0.05, 0.1) is 5.69 Å². The Morgan fingerprint density at radius 1 is 1.56 bits per heavy atom. The van der Waals surface area contributed by atoms with E-state index in [1.165, 1.54) is 0 Å². The van der Waals surface area contributed by atoms with E-state index in [0.29, 0.717) is 10.9 Å². The molecule has 0 aromatic heterocycles. The number of carboxylic acid groups (broad SMARTS) is 1. The first-order valence-corrected chi connectivity index (χ1v) is 6.19. The van der Waals surface area contributed by atoms with E-state index in [4.69, 9.17) is 22.1 Å². The van der Waals surface area contributed by atoms with Crippen molar-refractivity contribution in [3.63, 3.8) is 0 Å². The van der Waals surface area contributed by atoms with Gasteiger partial charge in [0.15, 0.2) is 0 Å². The van der Waals surface area contributed by atoms with Crippen LogP contribution in [0.3, 0.4) is 0 Å². The molecule has 0 fully saturated rings. The SMILES string of the molecule is CC(C)c1cccc2c1OCC(=S)N2CC(=O)O. The van der Waals surface area contributed by atoms with Gasteiger partial charge in [-0.05, 0) is 17.5 Å². The predicted molar refractivity (Wildman–Crippen MR) is 73.6 cm³/mol. The summed E-state index contributed by atoms with van der Waals surface area (Å²) in [7, 11) is 0. The van der Waals surface area contributed by atoms with Crippen LogP contribution in [0.4, 0.5) is 5.69 Å². The van der Waals surface area contributed by atoms with Gasteiger partial charge in [-0.3, -0.25) is 4.79 Å². The molecule has 0 bridgehead atoms. The van der Waals surface area contributed by atoms with Crippen molar-refractivity contribution < 1.29 is 14.6 Å². The highest BCUT2D eigenvalue weighted by Crippen LogP contribution is 2.38. The molecule has 1 aromatic carbocycles. The average Bonchev–Trinajstić information content (AvgIpc) is 2.31. The first kappa shape index (κ1) is 12.8. The van der Waals surface area contributed by atoms with Crippen molar-refractivity contribution in [3.05, 3.63) is 23.8 Å². The van der Waals surface area contributed by atoms with Crippen molar-refractivity contribution in [2.45, 2.75) is 19.8 Å². The van der Waals surface area contributed by atoms with E-state index in [0.717, 1.165) is 17.0 Å². The van der Waals surface area contributed by atoms with Crippen LogP contribution in [-0.2, 0) is 4.79 Å². The molecule has 18 heavy (non-hydrogen) atoms. The van der Waals surface area contributed by atoms with Gasteiger partial charge in [0.1, 0.15) is 23.9 Å². The largest absolute Gasteiger partial charge is 0.484 e. The molecule has 1 N–H and O–H groups in total. The van der Waals surface area contributed by atoms with Crippen molar-refractivity contribution in [2.75, 3.05) is 18.1 Å². The summed E-state index contributed by atoms with van der Waals surface area (Å²) >= 11 is 5.17. The summed E-state index contributed by atoms with van der Waals surface area (Å²) in [5.41, 5.74) is 1.82. The normalized spacial score (nSPS) is 14.4. The number of thiocarbonyl (C=S) groups is 1. The third-order valence-corrected chi connectivity index (χ3v) is 3.21. The Labute approximate surface area is 111 Å². The van der Waals surface area contributed by atoms with Crippen LogP contribution < -0.4 is 9.64 Å². The van der Waals surface area contributed by atoms with Crippen LogP contribution in [0.2, 0.25) is 0 Å². The summed E-state index contributed by atoms with van der Waals surface area (Å²) in [5, 5.41) is 8.95. The Morgan fingerprint density at radius 2 is 2.28 bits per heavy atom. The molecule has 2 rings (SSSR count). The predicted octanol–water partition coefficient (Wildman–Crippen LogP) is 2.42. The maximum Gasteiger partial charge on any atom is 0.323 e. The van der Waals surface area contributed by atoms with Crippen LogP contribution in [0.15, 0.2) is 18.2 Å². The molecule has 1 aliphatic heterocycles. The molecule has 0 aliphatic carbocycles. The minimum atomic E-state index is -0.903. The Balaban J connectivity index is 2.47. The smallest absolute Gasteiger partial charge is 0.323 e. The number of carbonyl (C=O) groups is 1. The van der Waals surface area contributed by atoms with Crippen molar-refractivity contribution in [1.82, 2.24) is 0 Å². The molecule has 0 amide bonds. The number of hydrogen-bond acceptors (Lipinski definition) is 3. The van der Waals surface area contributed by atoms with Crippen molar-refractivity contribution in [1.29, 1.82) is 0 Å². The number of rotatable bonds is 3. The molecule has 0 unspecified atom stereocenters. The third kappa shape index (κ3) is 2.31. The minimum Gasteiger partial charge on any atom is -0.484 e. The number of nitrogens with zero attached hydrogens (tertiary/aromatic N) is 1. The zero-order valence-electron chi connectivity index (χ0n) is 10.3. The Kier molecular flexibility index (Phi) is 3.52. The zero-order valence-corrected chi connectivity index (χ0v) is 11.2. The van der Waals surface area contributed by atoms with Gasteiger partial charge in [-0.25, -0.2) is 0 Å². The van der Waals surface area contributed by atoms with Crippen LogP contribution in [0.25, 0.3) is 0 Å². The van der Waals surface area contributed by atoms with Crippen LogP contribution in [-0.4, -0.2) is 29.2 Å². The van der Waals surface area contributed by atoms with E-state index < -0.39 is 5.97 Å². The van der Waals surface area contributed by atoms with Gasteiger partial charge in [-0.2, -0.15) is 0 Å². The van der Waals surface area contributed by atoms with Gasteiger partial charge in [-0.1, -0.05) is 38.2 Å². The standard InChI is InChI=1S/C13H15NO3S/c1-8(2)9-4-3-5-10-13(9)17-7-11(18)14(10)6-12(15)16/h3-5,8H,6-7H2,1-2H3,(H,15,16). The second kappa shape index (κ2) is 4.94. The fourth-order valence-corrected chi connectivity index (χ4v) is 2.24. The number of carboxylic acids is 1. The summed E-state index contributed by atoms with van der Waals surface area (Å²) in [4.78, 5) is 13.0. The lowest BCUT2D eigenvalue weighted by Crippen LogP contribution is -2.41. The maximum absolute atomic E-state index is 10.9. The van der Waals surface area contributed by atoms with Crippen LogP contribution in [0.1, 0.15) is 25.3 Å². The van der Waals surface area contributed by atoms with E-state index in [1.807, 2.05) is 18.2 Å². The highest BCUT2D eigenvalue weighted by molar-refractivity contribution is 7.80. The van der Waals surface area contributed by atoms with E-state index >= 15 is 0 Å². The second-order valence-corrected chi connectivity index (χ2v) is 4.98. The highest BCUT2D eigenvalue weighted by Gasteiger charge is 2.26. The molecular weight excluding hydrogens is 250 g/mol. The Bertz CT molecular complexity index is 499. The summed E-state index contributed by atoms with van der Waals surface area (Å²) in [6.07, 6.45) is 0. The van der Waals surface area contributed by atoms with E-state index in [9.17, 15) is 4.79 Å². The Morgan fingerprint density at radius 3 is 2.89 bits per heavy atom. The molecule has 0 saturated heterocycles. The molecule has 1 heterocycles. The number of fused-ring (bicyclic) bond motifs is 1. The number of ether oxygens (including phenoxy) is 1. The van der Waals surface area contributed by atoms with Crippen molar-refractivity contribution >= 4 is 28.9 Å². The minimum absolute atomic E-state index is 0.128. The lowest BCUT2D eigenvalue weighted by atomic mass is 10.0. The molecule has 0 atom stereocenters. The van der Waals surface area contributed by atoms with E-state index in [1.54, 1.807) is 4.90 Å². The van der Waals surface area contributed by atoms with Crippen LogP contribution in [0.5, 0.6) is 5.75 Å². The first-order valence-electron chi connectivity index (χ1n) is 5.78. The van der Waals surface area contributed by atoms with Crippen LogP contribution >= 0.6 is 12.2 Å². The van der Waals surface area contributed by atoms with Gasteiger partial charge < -0.3 is 14.7 Å². The summed E-state index contributed by atoms with van der Waals surface area (Å²) in [6, 6.07) is 5.74. The molecule has 96 valence electrons. The topological polar surface area (TPSA) is 49.8 Å². The first-order chi connectivity index (χ1) is 8.50. The third-order valence-electron chi connectivity index (χ3n) is 2.87. The molecule has 1 aromatic rings. The lowest BCUT2D eigenvalue weighted by Gasteiger charge is -2.32. The molecule has 0 saturated carbocycles. The van der Waals surface area contributed by atoms with E-state index in [-0.39, 0.29) is 13.2 Å². The van der Waals surface area contributed by atoms with Gasteiger partial charge in [0, 0.05) is 0 Å². The number of benzene rings is 1. The van der Waals surface area contributed by atoms with Gasteiger partial charge in [-0.15, -0.1) is 0 Å². The fraction of sp³-hybridized carbons (Fsp3) is 0.385. The number of anilines is 1. The van der Waals surface area contributed by atoms with Crippen LogP contribution in [0, 0.1) is 0 Å². The fourth-order valence-electron chi connectivity index (χ4n) is 2.02. The Hall–Kier alpha value is -1.62. The van der Waals surface area contributed by atoms with E-state index in [2.05, 4.69) is 13.8 Å². The lowest BCUT2D eigenvalue weighted by molar-refractivity contribution is -0.135. The number of hydrogen-bond donors (Lipinski definition) is 1. The molecule has 0 spiro atoms. The monoisotopic (exact) mass is 265 g/mol. The summed E-state index contributed by atoms with van der Waals surface area (Å²) in [5.74, 6) is 0.167. The van der Waals surface area contributed by atoms with Crippen molar-refractivity contribution in [3.8, 4) is 5.75 Å². The zero-order chi connectivity index (χ0) is 13.3. The molecule has 5 heteroatoms. The highest BCUT2D eigenvalue weighted by atomic mass is 32.1. The average molecular weight is 265 g/mol. The van der Waals surface area contributed by atoms with Gasteiger partial charge >= 0.3 is 5.97 Å². The quantitative estimate of drug-likeness (QED) is 0.851. The number of para-hydroxylation sites is 1. The second-order valence-electron chi connectivity index (χ2n) is 4.51. The van der Waals surface area contributed by atoms with Crippen molar-refractivity contribution in [2.24, 2.45) is 0 Å². The van der Waals surface area contributed by atoms with Gasteiger partial charge in [0.2, 0.25) is 0 Å². The molecule has 0 radical (unpaired) electrons.